The van der Waals surface area contributed by atoms with E-state index >= 15 is 0 Å². The molecular weight excluding hydrogens is 282 g/mol. The second kappa shape index (κ2) is 4.46. The van der Waals surface area contributed by atoms with E-state index < -0.39 is 5.54 Å². The fourth-order valence-corrected chi connectivity index (χ4v) is 4.74. The molecule has 4 atom stereocenters. The van der Waals surface area contributed by atoms with Crippen LogP contribution in [0, 0.1) is 5.92 Å². The minimum atomic E-state index is -0.690. The summed E-state index contributed by atoms with van der Waals surface area (Å²) in [6.45, 7) is 0.903. The molecule has 1 unspecified atom stereocenters. The molecule has 2 fully saturated rings. The Morgan fingerprint density at radius 2 is 2.32 bits per heavy atom. The molecule has 6 heteroatoms. The molecule has 4 N–H and O–H groups in total. The summed E-state index contributed by atoms with van der Waals surface area (Å²) >= 11 is 0. The van der Waals surface area contributed by atoms with Gasteiger partial charge >= 0.3 is 5.97 Å². The minimum absolute atomic E-state index is 0.0126. The number of rotatable bonds is 1. The molecule has 1 spiro atoms. The number of carbonyl (C=O) groups excluding carboxylic acids is 2. The van der Waals surface area contributed by atoms with Gasteiger partial charge in [0.2, 0.25) is 5.54 Å². The van der Waals surface area contributed by atoms with Gasteiger partial charge in [0.25, 0.3) is 5.91 Å². The monoisotopic (exact) mass is 302 g/mol. The van der Waals surface area contributed by atoms with E-state index in [1.165, 1.54) is 12.0 Å². The number of methoxy groups -OCH3 is 1. The van der Waals surface area contributed by atoms with Crippen molar-refractivity contribution in [2.75, 3.05) is 24.7 Å². The highest BCUT2D eigenvalue weighted by atomic mass is 16.5. The third-order valence-electron chi connectivity index (χ3n) is 5.61. The lowest BCUT2D eigenvalue weighted by molar-refractivity contribution is -0.947. The standard InChI is InChI=1S/C16H19N3O3/c1-22-14(20)10-8-16(19-6-2-3-13(10)19)11-7-9(17)4-5-12(11)18-15(16)21/h4-5,7,10,13H,2-3,6,8,17H2,1H3,(H,18,21)/p+1/t10-,13+,16-/m0/s1. The van der Waals surface area contributed by atoms with E-state index in [0.29, 0.717) is 12.1 Å². The molecule has 1 aromatic carbocycles. The highest BCUT2D eigenvalue weighted by molar-refractivity contribution is 6.05. The fraction of sp³-hybridized carbons (Fsp3) is 0.500. The van der Waals surface area contributed by atoms with Crippen molar-refractivity contribution < 1.29 is 19.2 Å². The van der Waals surface area contributed by atoms with Gasteiger partial charge in [0.1, 0.15) is 12.0 Å². The summed E-state index contributed by atoms with van der Waals surface area (Å²) in [5.74, 6) is -0.437. The molecule has 22 heavy (non-hydrogen) atoms. The van der Waals surface area contributed by atoms with Crippen LogP contribution in [0.15, 0.2) is 18.2 Å². The van der Waals surface area contributed by atoms with Crippen molar-refractivity contribution in [1.29, 1.82) is 0 Å². The summed E-state index contributed by atoms with van der Waals surface area (Å²) in [7, 11) is 1.42. The number of hydrogen-bond donors (Lipinski definition) is 3. The smallest absolute Gasteiger partial charge is 0.315 e. The van der Waals surface area contributed by atoms with E-state index in [1.807, 2.05) is 12.1 Å². The average Bonchev–Trinajstić information content (AvgIpc) is 3.15. The maximum atomic E-state index is 12.8. The molecule has 3 aliphatic heterocycles. The van der Waals surface area contributed by atoms with Crippen LogP contribution in [0.2, 0.25) is 0 Å². The summed E-state index contributed by atoms with van der Waals surface area (Å²) < 4.78 is 4.98. The van der Waals surface area contributed by atoms with E-state index in [9.17, 15) is 9.59 Å². The number of nitrogens with one attached hydrogen (secondary N) is 2. The van der Waals surface area contributed by atoms with Gasteiger partial charge in [-0.15, -0.1) is 0 Å². The number of nitrogen functional groups attached to an aromatic ring is 1. The topological polar surface area (TPSA) is 85.9 Å². The summed E-state index contributed by atoms with van der Waals surface area (Å²) in [5, 5.41) is 2.98. The second-order valence-electron chi connectivity index (χ2n) is 6.52. The van der Waals surface area contributed by atoms with Crippen LogP contribution in [0.3, 0.4) is 0 Å². The Balaban J connectivity index is 1.86. The Morgan fingerprint density at radius 1 is 1.50 bits per heavy atom. The normalized spacial score (nSPS) is 35.3. The maximum Gasteiger partial charge on any atom is 0.315 e. The van der Waals surface area contributed by atoms with Crippen LogP contribution in [0.4, 0.5) is 11.4 Å². The van der Waals surface area contributed by atoms with Gasteiger partial charge in [-0.1, -0.05) is 0 Å². The first kappa shape index (κ1) is 13.6. The number of anilines is 2. The Bertz CT molecular complexity index is 675. The first-order valence-electron chi connectivity index (χ1n) is 7.73. The molecule has 3 aliphatic rings. The molecule has 2 saturated heterocycles. The van der Waals surface area contributed by atoms with E-state index in [2.05, 4.69) is 5.32 Å². The highest BCUT2D eigenvalue weighted by Gasteiger charge is 2.67. The average molecular weight is 302 g/mol. The SMILES string of the molecule is COC(=O)[C@H]1C[C@]2(C(=O)Nc3ccc(N)cc32)[NH+]2CCC[C@H]12. The number of amides is 1. The van der Waals surface area contributed by atoms with Crippen molar-refractivity contribution in [3.8, 4) is 0 Å². The van der Waals surface area contributed by atoms with Gasteiger partial charge in [0, 0.05) is 30.5 Å². The zero-order valence-electron chi connectivity index (χ0n) is 12.5. The predicted molar refractivity (Wildman–Crippen MR) is 80.1 cm³/mol. The second-order valence-corrected chi connectivity index (χ2v) is 6.52. The Hall–Kier alpha value is -2.08. The molecule has 0 saturated carbocycles. The minimum Gasteiger partial charge on any atom is -0.469 e. The summed E-state index contributed by atoms with van der Waals surface area (Å²) in [6, 6.07) is 5.69. The first-order chi connectivity index (χ1) is 10.6. The van der Waals surface area contributed by atoms with Crippen molar-refractivity contribution in [2.45, 2.75) is 30.8 Å². The number of nitrogens with two attached hydrogens (primary N) is 1. The third kappa shape index (κ3) is 1.53. The van der Waals surface area contributed by atoms with Crippen molar-refractivity contribution in [2.24, 2.45) is 5.92 Å². The van der Waals surface area contributed by atoms with Crippen molar-refractivity contribution in [3.05, 3.63) is 23.8 Å². The lowest BCUT2D eigenvalue weighted by Gasteiger charge is -2.29. The van der Waals surface area contributed by atoms with Crippen LogP contribution in [0.1, 0.15) is 24.8 Å². The number of carbonyl (C=O) groups is 2. The highest BCUT2D eigenvalue weighted by Crippen LogP contribution is 2.44. The lowest BCUT2D eigenvalue weighted by Crippen LogP contribution is -3.19. The molecule has 0 bridgehead atoms. The Kier molecular flexibility index (Phi) is 2.75. The van der Waals surface area contributed by atoms with Crippen LogP contribution < -0.4 is 16.0 Å². The van der Waals surface area contributed by atoms with Crippen LogP contribution in [0.25, 0.3) is 0 Å². The molecule has 3 heterocycles. The summed E-state index contributed by atoms with van der Waals surface area (Å²) in [4.78, 5) is 26.2. The first-order valence-corrected chi connectivity index (χ1v) is 7.73. The molecular formula is C16H20N3O3+. The lowest BCUT2D eigenvalue weighted by atomic mass is 9.84. The molecule has 0 aromatic heterocycles. The van der Waals surface area contributed by atoms with Crippen LogP contribution >= 0.6 is 0 Å². The molecule has 0 aliphatic carbocycles. The fourth-order valence-electron chi connectivity index (χ4n) is 4.74. The van der Waals surface area contributed by atoms with Gasteiger partial charge in [0.15, 0.2) is 0 Å². The number of fused-ring (bicyclic) bond motifs is 4. The largest absolute Gasteiger partial charge is 0.469 e. The van der Waals surface area contributed by atoms with Crippen LogP contribution in [-0.2, 0) is 19.9 Å². The van der Waals surface area contributed by atoms with Gasteiger partial charge in [-0.05, 0) is 18.2 Å². The zero-order chi connectivity index (χ0) is 15.5. The van der Waals surface area contributed by atoms with Gasteiger partial charge in [-0.3, -0.25) is 9.59 Å². The number of hydrogen-bond acceptors (Lipinski definition) is 4. The number of ether oxygens (including phenoxy) is 1. The molecule has 1 aromatic rings. The Labute approximate surface area is 128 Å². The summed E-state index contributed by atoms with van der Waals surface area (Å²) in [5.41, 5.74) is 7.66. The summed E-state index contributed by atoms with van der Waals surface area (Å²) in [6.07, 6.45) is 2.49. The molecule has 116 valence electrons. The van der Waals surface area contributed by atoms with E-state index in [-0.39, 0.29) is 23.8 Å². The van der Waals surface area contributed by atoms with Crippen LogP contribution in [0.5, 0.6) is 0 Å². The Morgan fingerprint density at radius 3 is 3.09 bits per heavy atom. The van der Waals surface area contributed by atoms with Gasteiger partial charge in [-0.25, -0.2) is 0 Å². The van der Waals surface area contributed by atoms with E-state index in [0.717, 1.165) is 30.6 Å². The maximum absolute atomic E-state index is 12.8. The number of esters is 1. The van der Waals surface area contributed by atoms with E-state index in [4.69, 9.17) is 10.5 Å². The van der Waals surface area contributed by atoms with Gasteiger partial charge in [0.05, 0.1) is 19.3 Å². The van der Waals surface area contributed by atoms with Crippen LogP contribution in [-0.4, -0.2) is 31.6 Å². The van der Waals surface area contributed by atoms with Crippen molar-refractivity contribution >= 4 is 23.3 Å². The third-order valence-corrected chi connectivity index (χ3v) is 5.61. The van der Waals surface area contributed by atoms with Crippen molar-refractivity contribution in [1.82, 2.24) is 0 Å². The van der Waals surface area contributed by atoms with Crippen molar-refractivity contribution in [3.63, 3.8) is 0 Å². The van der Waals surface area contributed by atoms with Gasteiger partial charge in [-0.2, -0.15) is 0 Å². The van der Waals surface area contributed by atoms with Gasteiger partial charge < -0.3 is 20.7 Å². The number of quaternary nitrogens is 1. The van der Waals surface area contributed by atoms with E-state index in [1.54, 1.807) is 6.07 Å². The molecule has 0 radical (unpaired) electrons. The zero-order valence-corrected chi connectivity index (χ0v) is 12.5. The predicted octanol–water partition coefficient (Wildman–Crippen LogP) is -0.344. The molecule has 1 amide bonds. The molecule has 4 rings (SSSR count). The number of benzene rings is 1. The molecule has 6 nitrogen and oxygen atoms in total. The quantitative estimate of drug-likeness (QED) is 0.489.